The van der Waals surface area contributed by atoms with Crippen molar-refractivity contribution in [2.45, 2.75) is 19.4 Å². The van der Waals surface area contributed by atoms with E-state index >= 15 is 0 Å². The van der Waals surface area contributed by atoms with Gasteiger partial charge in [-0.25, -0.2) is 5.43 Å². The molecule has 1 heterocycles. The highest BCUT2D eigenvalue weighted by atomic mass is 35.5. The van der Waals surface area contributed by atoms with E-state index in [2.05, 4.69) is 29.5 Å². The molecule has 1 aromatic carbocycles. The topological polar surface area (TPSA) is 50.9 Å². The summed E-state index contributed by atoms with van der Waals surface area (Å²) in [5.41, 5.74) is 6.13. The van der Waals surface area contributed by atoms with Gasteiger partial charge in [-0.15, -0.1) is 0 Å². The second-order valence-electron chi connectivity index (χ2n) is 4.10. The first kappa shape index (κ1) is 13.0. The summed E-state index contributed by atoms with van der Waals surface area (Å²) >= 11 is 6.16. The number of benzene rings is 1. The van der Waals surface area contributed by atoms with Gasteiger partial charge in [0.2, 0.25) is 0 Å². The summed E-state index contributed by atoms with van der Waals surface area (Å²) in [6.07, 6.45) is 4.34. The minimum atomic E-state index is -0.119. The van der Waals surface area contributed by atoms with Crippen LogP contribution in [-0.4, -0.2) is 4.98 Å². The molecule has 2 aromatic rings. The van der Waals surface area contributed by atoms with Crippen LogP contribution in [-0.2, 0) is 6.42 Å². The van der Waals surface area contributed by atoms with Gasteiger partial charge in [-0.3, -0.25) is 10.8 Å². The Bertz CT molecular complexity index is 528. The van der Waals surface area contributed by atoms with Gasteiger partial charge in [0, 0.05) is 12.4 Å². The molecule has 1 unspecified atom stereocenters. The zero-order valence-electron chi connectivity index (χ0n) is 10.2. The van der Waals surface area contributed by atoms with E-state index < -0.39 is 0 Å². The van der Waals surface area contributed by atoms with Gasteiger partial charge in [0.25, 0.3) is 0 Å². The highest BCUT2D eigenvalue weighted by molar-refractivity contribution is 6.31. The number of halogens is 1. The van der Waals surface area contributed by atoms with Crippen LogP contribution in [0, 0.1) is 0 Å². The fraction of sp³-hybridized carbons (Fsp3) is 0.214. The summed E-state index contributed by atoms with van der Waals surface area (Å²) in [5.74, 6) is 5.67. The summed E-state index contributed by atoms with van der Waals surface area (Å²) < 4.78 is 0. The molecule has 3 N–H and O–H groups in total. The lowest BCUT2D eigenvalue weighted by atomic mass is 9.98. The van der Waals surface area contributed by atoms with Crippen molar-refractivity contribution >= 4 is 11.6 Å². The first-order valence-electron chi connectivity index (χ1n) is 5.90. The molecule has 4 heteroatoms. The SMILES string of the molecule is CCc1cccc(C(NN)c2ccncc2Cl)c1. The van der Waals surface area contributed by atoms with Crippen molar-refractivity contribution in [2.75, 3.05) is 0 Å². The normalized spacial score (nSPS) is 12.4. The van der Waals surface area contributed by atoms with Crippen molar-refractivity contribution in [2.24, 2.45) is 5.84 Å². The van der Waals surface area contributed by atoms with Crippen LogP contribution < -0.4 is 11.3 Å². The number of nitrogens with two attached hydrogens (primary N) is 1. The second-order valence-corrected chi connectivity index (χ2v) is 4.50. The maximum atomic E-state index is 6.16. The summed E-state index contributed by atoms with van der Waals surface area (Å²) in [6.45, 7) is 2.13. The van der Waals surface area contributed by atoms with Crippen molar-refractivity contribution in [3.8, 4) is 0 Å². The third-order valence-electron chi connectivity index (χ3n) is 2.97. The van der Waals surface area contributed by atoms with E-state index in [1.54, 1.807) is 12.4 Å². The molecule has 0 bridgehead atoms. The zero-order valence-corrected chi connectivity index (χ0v) is 11.0. The summed E-state index contributed by atoms with van der Waals surface area (Å²) in [4.78, 5) is 3.99. The Morgan fingerprint density at radius 3 is 2.89 bits per heavy atom. The highest BCUT2D eigenvalue weighted by Crippen LogP contribution is 2.27. The van der Waals surface area contributed by atoms with Gasteiger partial charge in [0.1, 0.15) is 0 Å². The third-order valence-corrected chi connectivity index (χ3v) is 3.29. The molecule has 0 aliphatic carbocycles. The zero-order chi connectivity index (χ0) is 13.0. The van der Waals surface area contributed by atoms with Crippen LogP contribution in [0.25, 0.3) is 0 Å². The summed E-state index contributed by atoms with van der Waals surface area (Å²) in [6, 6.07) is 10.1. The molecule has 0 aliphatic rings. The van der Waals surface area contributed by atoms with Crippen LogP contribution in [0.4, 0.5) is 0 Å². The Hall–Kier alpha value is -1.42. The molecule has 3 nitrogen and oxygen atoms in total. The fourth-order valence-electron chi connectivity index (χ4n) is 1.98. The first-order chi connectivity index (χ1) is 8.76. The van der Waals surface area contributed by atoms with Crippen molar-refractivity contribution in [3.63, 3.8) is 0 Å². The quantitative estimate of drug-likeness (QED) is 0.657. The van der Waals surface area contributed by atoms with Gasteiger partial charge in [-0.05, 0) is 29.2 Å². The number of nitrogens with zero attached hydrogens (tertiary/aromatic N) is 1. The lowest BCUT2D eigenvalue weighted by molar-refractivity contribution is 0.635. The maximum Gasteiger partial charge on any atom is 0.0725 e. The maximum absolute atomic E-state index is 6.16. The third kappa shape index (κ3) is 2.70. The molecule has 0 saturated heterocycles. The number of rotatable bonds is 4. The summed E-state index contributed by atoms with van der Waals surface area (Å²) in [7, 11) is 0. The van der Waals surface area contributed by atoms with Crippen molar-refractivity contribution in [1.82, 2.24) is 10.4 Å². The molecule has 18 heavy (non-hydrogen) atoms. The largest absolute Gasteiger partial charge is 0.271 e. The van der Waals surface area contributed by atoms with Gasteiger partial charge in [-0.2, -0.15) is 0 Å². The molecule has 1 atom stereocenters. The van der Waals surface area contributed by atoms with Crippen molar-refractivity contribution in [3.05, 3.63) is 64.4 Å². The minimum Gasteiger partial charge on any atom is -0.271 e. The van der Waals surface area contributed by atoms with Crippen LogP contribution in [0.15, 0.2) is 42.7 Å². The number of pyridine rings is 1. The standard InChI is InChI=1S/C14H16ClN3/c1-2-10-4-3-5-11(8-10)14(18-16)12-6-7-17-9-13(12)15/h3-9,14,18H,2,16H2,1H3. The predicted molar refractivity (Wildman–Crippen MR) is 74.2 cm³/mol. The Labute approximate surface area is 112 Å². The Balaban J connectivity index is 2.42. The van der Waals surface area contributed by atoms with Crippen LogP contribution in [0.3, 0.4) is 0 Å². The van der Waals surface area contributed by atoms with E-state index in [1.165, 1.54) is 5.56 Å². The first-order valence-corrected chi connectivity index (χ1v) is 6.28. The highest BCUT2D eigenvalue weighted by Gasteiger charge is 2.15. The fourth-order valence-corrected chi connectivity index (χ4v) is 2.21. The number of nitrogens with one attached hydrogen (secondary N) is 1. The predicted octanol–water partition coefficient (Wildman–Crippen LogP) is 2.85. The van der Waals surface area contributed by atoms with Gasteiger partial charge >= 0.3 is 0 Å². The molecule has 1 aromatic heterocycles. The molecular formula is C14H16ClN3. The number of hydrogen-bond acceptors (Lipinski definition) is 3. The van der Waals surface area contributed by atoms with Crippen LogP contribution in [0.1, 0.15) is 29.7 Å². The average Bonchev–Trinajstić information content (AvgIpc) is 2.42. The second kappa shape index (κ2) is 5.96. The Morgan fingerprint density at radius 2 is 2.22 bits per heavy atom. The summed E-state index contributed by atoms with van der Waals surface area (Å²) in [5, 5.41) is 0.613. The molecule has 0 amide bonds. The number of hydrogen-bond donors (Lipinski definition) is 2. The smallest absolute Gasteiger partial charge is 0.0725 e. The number of aromatic nitrogens is 1. The molecule has 0 saturated carbocycles. The van der Waals surface area contributed by atoms with Gasteiger partial charge in [0.15, 0.2) is 0 Å². The Kier molecular flexibility index (Phi) is 4.31. The molecule has 0 radical (unpaired) electrons. The monoisotopic (exact) mass is 261 g/mol. The van der Waals surface area contributed by atoms with E-state index in [4.69, 9.17) is 17.4 Å². The van der Waals surface area contributed by atoms with E-state index in [9.17, 15) is 0 Å². The van der Waals surface area contributed by atoms with E-state index in [1.807, 2.05) is 18.2 Å². The Morgan fingerprint density at radius 1 is 1.39 bits per heavy atom. The van der Waals surface area contributed by atoms with E-state index in [-0.39, 0.29) is 6.04 Å². The molecule has 0 fully saturated rings. The van der Waals surface area contributed by atoms with E-state index in [0.29, 0.717) is 5.02 Å². The lowest BCUT2D eigenvalue weighted by Gasteiger charge is -2.18. The molecule has 94 valence electrons. The molecule has 0 spiro atoms. The van der Waals surface area contributed by atoms with Crippen LogP contribution in [0.5, 0.6) is 0 Å². The molecule has 0 aliphatic heterocycles. The van der Waals surface area contributed by atoms with Gasteiger partial charge in [-0.1, -0.05) is 42.8 Å². The van der Waals surface area contributed by atoms with E-state index in [0.717, 1.165) is 17.5 Å². The van der Waals surface area contributed by atoms with Gasteiger partial charge < -0.3 is 0 Å². The molecule has 2 rings (SSSR count). The number of aryl methyl sites for hydroxylation is 1. The molecular weight excluding hydrogens is 246 g/mol. The number of hydrazine groups is 1. The van der Waals surface area contributed by atoms with Crippen LogP contribution in [0.2, 0.25) is 5.02 Å². The lowest BCUT2D eigenvalue weighted by Crippen LogP contribution is -2.29. The van der Waals surface area contributed by atoms with Crippen molar-refractivity contribution in [1.29, 1.82) is 0 Å². The van der Waals surface area contributed by atoms with Crippen LogP contribution >= 0.6 is 11.6 Å². The van der Waals surface area contributed by atoms with Gasteiger partial charge in [0.05, 0.1) is 11.1 Å². The van der Waals surface area contributed by atoms with Crippen molar-refractivity contribution < 1.29 is 0 Å². The minimum absolute atomic E-state index is 0.119. The average molecular weight is 262 g/mol.